The first-order valence-electron chi connectivity index (χ1n) is 10.1. The highest BCUT2D eigenvalue weighted by Gasteiger charge is 2.34. The van der Waals surface area contributed by atoms with Gasteiger partial charge in [-0.1, -0.05) is 31.5 Å². The maximum absolute atomic E-state index is 12.9. The van der Waals surface area contributed by atoms with Crippen molar-refractivity contribution in [1.82, 2.24) is 9.62 Å². The number of nitrogens with zero attached hydrogens (tertiary/aromatic N) is 1. The van der Waals surface area contributed by atoms with Gasteiger partial charge >= 0.3 is 0 Å². The summed E-state index contributed by atoms with van der Waals surface area (Å²) in [7, 11) is -3.58. The molecule has 1 fully saturated rings. The van der Waals surface area contributed by atoms with Crippen LogP contribution in [0.4, 0.5) is 5.69 Å². The van der Waals surface area contributed by atoms with Crippen LogP contribution >= 0.6 is 11.3 Å². The van der Waals surface area contributed by atoms with Crippen LogP contribution in [-0.2, 0) is 14.8 Å². The number of carbonyl (C=O) groups excluding carboxylic acids is 2. The molecule has 2 aromatic rings. The first-order valence-corrected chi connectivity index (χ1v) is 12.5. The largest absolute Gasteiger partial charge is 0.352 e. The summed E-state index contributed by atoms with van der Waals surface area (Å²) >= 11 is 1.17. The summed E-state index contributed by atoms with van der Waals surface area (Å²) in [6.07, 6.45) is 3.08. The Kier molecular flexibility index (Phi) is 7.63. The van der Waals surface area contributed by atoms with Gasteiger partial charge in [0, 0.05) is 19.6 Å². The normalized spacial score (nSPS) is 17.4. The fourth-order valence-electron chi connectivity index (χ4n) is 3.41. The minimum Gasteiger partial charge on any atom is -0.352 e. The lowest BCUT2D eigenvalue weighted by molar-refractivity contribution is -0.120. The molecule has 0 aliphatic carbocycles. The number of hydrogen-bond acceptors (Lipinski definition) is 5. The molecule has 2 N–H and O–H groups in total. The van der Waals surface area contributed by atoms with Crippen molar-refractivity contribution in [2.24, 2.45) is 5.92 Å². The van der Waals surface area contributed by atoms with Crippen LogP contribution in [0.25, 0.3) is 0 Å². The molecule has 162 valence electrons. The van der Waals surface area contributed by atoms with Gasteiger partial charge in [-0.15, -0.1) is 11.3 Å². The fourth-order valence-corrected chi connectivity index (χ4v) is 6.08. The molecule has 0 bridgehead atoms. The van der Waals surface area contributed by atoms with Crippen LogP contribution in [0.5, 0.6) is 0 Å². The molecular weight excluding hydrogens is 422 g/mol. The molecule has 0 saturated carbocycles. The minimum absolute atomic E-state index is 0.136. The van der Waals surface area contributed by atoms with Gasteiger partial charge in [-0.05, 0) is 42.8 Å². The molecule has 0 spiro atoms. The van der Waals surface area contributed by atoms with E-state index in [1.54, 1.807) is 41.8 Å². The predicted molar refractivity (Wildman–Crippen MR) is 118 cm³/mol. The number of anilines is 1. The van der Waals surface area contributed by atoms with Crippen LogP contribution in [0.3, 0.4) is 0 Å². The van der Waals surface area contributed by atoms with Crippen molar-refractivity contribution in [3.63, 3.8) is 0 Å². The summed E-state index contributed by atoms with van der Waals surface area (Å²) in [6, 6.07) is 10.2. The third-order valence-corrected chi connectivity index (χ3v) is 8.33. The maximum Gasteiger partial charge on any atom is 0.253 e. The summed E-state index contributed by atoms with van der Waals surface area (Å²) in [4.78, 5) is 25.4. The topological polar surface area (TPSA) is 95.6 Å². The molecule has 2 heterocycles. The van der Waals surface area contributed by atoms with Gasteiger partial charge in [-0.25, -0.2) is 8.42 Å². The van der Waals surface area contributed by atoms with E-state index in [0.29, 0.717) is 37.2 Å². The van der Waals surface area contributed by atoms with E-state index in [2.05, 4.69) is 10.6 Å². The first-order chi connectivity index (χ1) is 14.4. The first kappa shape index (κ1) is 22.5. The standard InChI is InChI=1S/C21H27N3O4S2/c1-2-3-12-22-21(26)17-9-4-5-10-18(17)23-20(25)16-8-6-13-24(15-16)30(27,28)19-11-7-14-29-19/h4-5,7,9-11,14,16H,2-3,6,8,12-13,15H2,1H3,(H,22,26)(H,23,25)/t16-/m1/s1. The second-order valence-corrected chi connectivity index (χ2v) is 10.4. The number of benzene rings is 1. The second kappa shape index (κ2) is 10.2. The molecule has 7 nitrogen and oxygen atoms in total. The van der Waals surface area contributed by atoms with Crippen molar-refractivity contribution in [3.05, 3.63) is 47.3 Å². The van der Waals surface area contributed by atoms with E-state index >= 15 is 0 Å². The Bertz CT molecular complexity index is 974. The molecule has 1 saturated heterocycles. The fraction of sp³-hybridized carbons (Fsp3) is 0.429. The van der Waals surface area contributed by atoms with Crippen molar-refractivity contribution in [1.29, 1.82) is 0 Å². The SMILES string of the molecule is CCCCNC(=O)c1ccccc1NC(=O)[C@@H]1CCCN(S(=O)(=O)c2cccs2)C1. The van der Waals surface area contributed by atoms with Gasteiger partial charge in [0.05, 0.1) is 17.2 Å². The molecule has 9 heteroatoms. The zero-order chi connectivity index (χ0) is 21.6. The van der Waals surface area contributed by atoms with Crippen LogP contribution in [-0.4, -0.2) is 44.2 Å². The minimum atomic E-state index is -3.58. The van der Waals surface area contributed by atoms with E-state index in [9.17, 15) is 18.0 Å². The maximum atomic E-state index is 12.9. The van der Waals surface area contributed by atoms with Crippen molar-refractivity contribution in [2.45, 2.75) is 36.8 Å². The highest BCUT2D eigenvalue weighted by Crippen LogP contribution is 2.27. The summed E-state index contributed by atoms with van der Waals surface area (Å²) in [5, 5.41) is 7.42. The quantitative estimate of drug-likeness (QED) is 0.605. The summed E-state index contributed by atoms with van der Waals surface area (Å²) in [5.41, 5.74) is 0.843. The van der Waals surface area contributed by atoms with Crippen molar-refractivity contribution < 1.29 is 18.0 Å². The lowest BCUT2D eigenvalue weighted by Crippen LogP contribution is -2.43. The number of piperidine rings is 1. The van der Waals surface area contributed by atoms with Crippen molar-refractivity contribution in [2.75, 3.05) is 25.0 Å². The van der Waals surface area contributed by atoms with Gasteiger partial charge in [0.15, 0.2) is 0 Å². The predicted octanol–water partition coefficient (Wildman–Crippen LogP) is 3.32. The Morgan fingerprint density at radius 1 is 1.20 bits per heavy atom. The van der Waals surface area contributed by atoms with Gasteiger partial charge in [-0.2, -0.15) is 4.31 Å². The number of nitrogens with one attached hydrogen (secondary N) is 2. The third kappa shape index (κ3) is 5.27. The smallest absolute Gasteiger partial charge is 0.253 e. The number of unbranched alkanes of at least 4 members (excludes halogenated alkanes) is 1. The van der Waals surface area contributed by atoms with Gasteiger partial charge in [0.1, 0.15) is 4.21 Å². The number of carbonyl (C=O) groups is 2. The van der Waals surface area contributed by atoms with E-state index in [1.165, 1.54) is 15.6 Å². The lowest BCUT2D eigenvalue weighted by atomic mass is 9.98. The number of para-hydroxylation sites is 1. The van der Waals surface area contributed by atoms with E-state index in [1.807, 2.05) is 6.92 Å². The average molecular weight is 450 g/mol. The molecule has 3 rings (SSSR count). The molecule has 1 aromatic heterocycles. The molecule has 1 aliphatic rings. The molecule has 30 heavy (non-hydrogen) atoms. The van der Waals surface area contributed by atoms with Crippen LogP contribution in [0, 0.1) is 5.92 Å². The summed E-state index contributed by atoms with van der Waals surface area (Å²) in [6.45, 7) is 3.17. The molecule has 1 atom stereocenters. The van der Waals surface area contributed by atoms with E-state index in [-0.39, 0.29) is 22.6 Å². The van der Waals surface area contributed by atoms with E-state index in [0.717, 1.165) is 12.8 Å². The van der Waals surface area contributed by atoms with Gasteiger partial charge in [-0.3, -0.25) is 9.59 Å². The summed E-state index contributed by atoms with van der Waals surface area (Å²) < 4.78 is 27.3. The molecule has 1 aromatic carbocycles. The number of amides is 2. The average Bonchev–Trinajstić information content (AvgIpc) is 3.30. The van der Waals surface area contributed by atoms with Crippen LogP contribution in [0.1, 0.15) is 43.0 Å². The van der Waals surface area contributed by atoms with Gasteiger partial charge < -0.3 is 10.6 Å². The number of thiophene rings is 1. The zero-order valence-corrected chi connectivity index (χ0v) is 18.6. The number of sulfonamides is 1. The highest BCUT2D eigenvalue weighted by atomic mass is 32.2. The van der Waals surface area contributed by atoms with E-state index < -0.39 is 15.9 Å². The number of hydrogen-bond donors (Lipinski definition) is 2. The van der Waals surface area contributed by atoms with Crippen molar-refractivity contribution >= 4 is 38.9 Å². The van der Waals surface area contributed by atoms with Crippen LogP contribution in [0.15, 0.2) is 46.0 Å². The van der Waals surface area contributed by atoms with Crippen molar-refractivity contribution in [3.8, 4) is 0 Å². The lowest BCUT2D eigenvalue weighted by Gasteiger charge is -2.30. The van der Waals surface area contributed by atoms with Gasteiger partial charge in [0.2, 0.25) is 5.91 Å². The Balaban J connectivity index is 1.68. The Morgan fingerprint density at radius 3 is 2.73 bits per heavy atom. The third-order valence-electron chi connectivity index (χ3n) is 5.09. The Hall–Kier alpha value is -2.23. The highest BCUT2D eigenvalue weighted by molar-refractivity contribution is 7.91. The molecule has 2 amide bonds. The van der Waals surface area contributed by atoms with Crippen LogP contribution in [0.2, 0.25) is 0 Å². The molecule has 1 aliphatic heterocycles. The Morgan fingerprint density at radius 2 is 2.00 bits per heavy atom. The second-order valence-electron chi connectivity index (χ2n) is 7.28. The van der Waals surface area contributed by atoms with E-state index in [4.69, 9.17) is 0 Å². The molecule has 0 unspecified atom stereocenters. The number of rotatable bonds is 8. The summed E-state index contributed by atoms with van der Waals surface area (Å²) in [5.74, 6) is -0.968. The monoisotopic (exact) mass is 449 g/mol. The molecular formula is C21H27N3O4S2. The zero-order valence-electron chi connectivity index (χ0n) is 17.0. The van der Waals surface area contributed by atoms with Gasteiger partial charge in [0.25, 0.3) is 15.9 Å². The Labute approximate surface area is 181 Å². The molecule has 0 radical (unpaired) electrons. The van der Waals surface area contributed by atoms with Crippen LogP contribution < -0.4 is 10.6 Å².